The molecule has 0 atom stereocenters. The number of nitrogens with one attached hydrogen (secondary N) is 1. The maximum absolute atomic E-state index is 12.5. The second-order valence-electron chi connectivity index (χ2n) is 6.99. The summed E-state index contributed by atoms with van der Waals surface area (Å²) < 4.78 is 0. The zero-order valence-electron chi connectivity index (χ0n) is 16.8. The molecule has 0 heterocycles. The number of hydrogen-bond donors (Lipinski definition) is 2. The topological polar surface area (TPSA) is 70.7 Å². The van der Waals surface area contributed by atoms with Crippen LogP contribution in [0.4, 0.5) is 10.5 Å². The molecule has 0 saturated carbocycles. The van der Waals surface area contributed by atoms with Gasteiger partial charge < -0.3 is 16.0 Å². The van der Waals surface area contributed by atoms with E-state index in [4.69, 9.17) is 5.73 Å². The van der Waals surface area contributed by atoms with Crippen LogP contribution in [0, 0.1) is 13.8 Å². The van der Waals surface area contributed by atoms with Crippen molar-refractivity contribution in [2.75, 3.05) is 5.32 Å². The molecule has 3 aromatic carbocycles. The maximum atomic E-state index is 12.5. The first-order chi connectivity index (χ1) is 14.0. The molecule has 0 radical (unpaired) electrons. The summed E-state index contributed by atoms with van der Waals surface area (Å²) in [5, 5.41) is 2.86. The fourth-order valence-corrected chi connectivity index (χ4v) is 3.15. The van der Waals surface area contributed by atoms with Crippen molar-refractivity contribution in [2.45, 2.75) is 26.9 Å². The van der Waals surface area contributed by atoms with Crippen molar-refractivity contribution in [1.29, 1.82) is 0 Å². The normalized spacial score (nSPS) is 11.2. The highest BCUT2D eigenvalue weighted by Gasteiger charge is 2.13. The molecular weight excluding hydrogens is 360 g/mol. The van der Waals surface area contributed by atoms with Crippen molar-refractivity contribution in [3.05, 3.63) is 101 Å². The highest BCUT2D eigenvalue weighted by molar-refractivity contribution is 5.99. The molecule has 0 spiro atoms. The Labute approximate surface area is 171 Å². The smallest absolute Gasteiger partial charge is 0.348 e. The molecule has 0 saturated heterocycles. The summed E-state index contributed by atoms with van der Waals surface area (Å²) in [5.41, 5.74) is 11.2. The lowest BCUT2D eigenvalue weighted by Crippen LogP contribution is -2.37. The lowest BCUT2D eigenvalue weighted by molar-refractivity contribution is 0.259. The number of amides is 2. The number of nitrogens with two attached hydrogens (primary N) is 1. The average Bonchev–Trinajstić information content (AvgIpc) is 2.72. The third-order valence-corrected chi connectivity index (χ3v) is 4.69. The summed E-state index contributed by atoms with van der Waals surface area (Å²) in [6.45, 7) is 5.02. The second-order valence-corrected chi connectivity index (χ2v) is 6.99. The fraction of sp³-hybridized carbons (Fsp3) is 0.167. The van der Waals surface area contributed by atoms with Crippen molar-refractivity contribution < 1.29 is 4.79 Å². The van der Waals surface area contributed by atoms with Gasteiger partial charge in [0.15, 0.2) is 0 Å². The number of rotatable bonds is 5. The molecular formula is C24H26N4O. The van der Waals surface area contributed by atoms with Crippen molar-refractivity contribution in [2.24, 2.45) is 10.7 Å². The molecule has 3 rings (SSSR count). The molecule has 0 fully saturated rings. The van der Waals surface area contributed by atoms with Gasteiger partial charge in [-0.1, -0.05) is 78.9 Å². The van der Waals surface area contributed by atoms with Crippen LogP contribution < -0.4 is 11.1 Å². The molecule has 0 bridgehead atoms. The molecule has 5 nitrogen and oxygen atoms in total. The van der Waals surface area contributed by atoms with Gasteiger partial charge in [-0.3, -0.25) is 0 Å². The first-order valence-corrected chi connectivity index (χ1v) is 9.57. The van der Waals surface area contributed by atoms with E-state index >= 15 is 0 Å². The molecule has 0 aliphatic heterocycles. The van der Waals surface area contributed by atoms with Gasteiger partial charge >= 0.3 is 6.03 Å². The van der Waals surface area contributed by atoms with Crippen LogP contribution in [0.3, 0.4) is 0 Å². The van der Waals surface area contributed by atoms with E-state index in [2.05, 4.69) is 10.3 Å². The molecule has 2 amide bonds. The third-order valence-electron chi connectivity index (χ3n) is 4.69. The van der Waals surface area contributed by atoms with E-state index in [0.717, 1.165) is 27.9 Å². The molecule has 148 valence electrons. The predicted octanol–water partition coefficient (Wildman–Crippen LogP) is 4.85. The van der Waals surface area contributed by atoms with Crippen molar-refractivity contribution >= 4 is 17.7 Å². The predicted molar refractivity (Wildman–Crippen MR) is 119 cm³/mol. The standard InChI is InChI=1S/C24H26N4O/c1-18-10-9-11-19(2)22(18)26-24(29)27-23(25)28(16-20-12-5-3-6-13-20)17-21-14-7-4-8-15-21/h3-15H,16-17H2,1-2H3,(H3,25,26,27,29). The maximum Gasteiger partial charge on any atom is 0.348 e. The van der Waals surface area contributed by atoms with Crippen LogP contribution in [0.2, 0.25) is 0 Å². The second kappa shape index (κ2) is 9.55. The van der Waals surface area contributed by atoms with Crippen LogP contribution in [-0.2, 0) is 13.1 Å². The van der Waals surface area contributed by atoms with E-state index in [0.29, 0.717) is 13.1 Å². The number of carbonyl (C=O) groups is 1. The Morgan fingerprint density at radius 1 is 0.828 bits per heavy atom. The number of anilines is 1. The first kappa shape index (κ1) is 20.1. The van der Waals surface area contributed by atoms with Gasteiger partial charge in [0, 0.05) is 18.8 Å². The van der Waals surface area contributed by atoms with Crippen molar-refractivity contribution in [1.82, 2.24) is 4.90 Å². The Kier molecular flexibility index (Phi) is 6.63. The largest absolute Gasteiger partial charge is 0.369 e. The zero-order chi connectivity index (χ0) is 20.6. The number of guanidine groups is 1. The van der Waals surface area contributed by atoms with Gasteiger partial charge in [-0.15, -0.1) is 0 Å². The Morgan fingerprint density at radius 3 is 1.79 bits per heavy atom. The average molecular weight is 386 g/mol. The summed E-state index contributed by atoms with van der Waals surface area (Å²) in [4.78, 5) is 18.5. The molecule has 0 aliphatic rings. The number of aliphatic imine (C=N–C) groups is 1. The quantitative estimate of drug-likeness (QED) is 0.486. The number of para-hydroxylation sites is 1. The molecule has 0 unspecified atom stereocenters. The summed E-state index contributed by atoms with van der Waals surface area (Å²) >= 11 is 0. The van der Waals surface area contributed by atoms with Gasteiger partial charge in [-0.25, -0.2) is 4.79 Å². The minimum Gasteiger partial charge on any atom is -0.369 e. The summed E-state index contributed by atoms with van der Waals surface area (Å²) in [6.07, 6.45) is 0. The molecule has 0 aliphatic carbocycles. The number of aryl methyl sites for hydroxylation is 2. The van der Waals surface area contributed by atoms with Gasteiger partial charge in [0.05, 0.1) is 0 Å². The van der Waals surface area contributed by atoms with E-state index in [1.807, 2.05) is 97.6 Å². The Morgan fingerprint density at radius 2 is 1.31 bits per heavy atom. The van der Waals surface area contributed by atoms with Gasteiger partial charge in [0.25, 0.3) is 0 Å². The van der Waals surface area contributed by atoms with E-state index in [9.17, 15) is 4.79 Å². The number of hydrogen-bond acceptors (Lipinski definition) is 1. The minimum absolute atomic E-state index is 0.182. The van der Waals surface area contributed by atoms with Gasteiger partial charge in [-0.05, 0) is 36.1 Å². The molecule has 3 N–H and O–H groups in total. The van der Waals surface area contributed by atoms with Crippen LogP contribution in [0.5, 0.6) is 0 Å². The number of benzene rings is 3. The molecule has 5 heteroatoms. The van der Waals surface area contributed by atoms with Crippen LogP contribution in [0.25, 0.3) is 0 Å². The third kappa shape index (κ3) is 5.69. The van der Waals surface area contributed by atoms with Crippen LogP contribution in [0.15, 0.2) is 83.9 Å². The highest BCUT2D eigenvalue weighted by atomic mass is 16.2. The summed E-state index contributed by atoms with van der Waals surface area (Å²) in [7, 11) is 0. The lowest BCUT2D eigenvalue weighted by atomic mass is 10.1. The van der Waals surface area contributed by atoms with E-state index < -0.39 is 6.03 Å². The zero-order valence-corrected chi connectivity index (χ0v) is 16.8. The Balaban J connectivity index is 1.80. The van der Waals surface area contributed by atoms with Crippen LogP contribution in [-0.4, -0.2) is 16.9 Å². The van der Waals surface area contributed by atoms with Crippen molar-refractivity contribution in [3.63, 3.8) is 0 Å². The molecule has 0 aromatic heterocycles. The Bertz CT molecular complexity index is 923. The van der Waals surface area contributed by atoms with E-state index in [1.54, 1.807) is 0 Å². The van der Waals surface area contributed by atoms with E-state index in [1.165, 1.54) is 0 Å². The monoisotopic (exact) mass is 386 g/mol. The van der Waals surface area contributed by atoms with E-state index in [-0.39, 0.29) is 5.96 Å². The summed E-state index contributed by atoms with van der Waals surface area (Å²) in [6, 6.07) is 25.4. The lowest BCUT2D eigenvalue weighted by Gasteiger charge is -2.24. The van der Waals surface area contributed by atoms with Gasteiger partial charge in [-0.2, -0.15) is 4.99 Å². The number of nitrogens with zero attached hydrogens (tertiary/aromatic N) is 2. The van der Waals surface area contributed by atoms with Crippen LogP contribution in [0.1, 0.15) is 22.3 Å². The fourth-order valence-electron chi connectivity index (χ4n) is 3.15. The minimum atomic E-state index is -0.481. The number of urea groups is 1. The molecule has 3 aromatic rings. The summed E-state index contributed by atoms with van der Waals surface area (Å²) in [5.74, 6) is 0.182. The molecule has 29 heavy (non-hydrogen) atoms. The highest BCUT2D eigenvalue weighted by Crippen LogP contribution is 2.19. The van der Waals surface area contributed by atoms with Crippen molar-refractivity contribution in [3.8, 4) is 0 Å². The SMILES string of the molecule is Cc1cccc(C)c1NC(=O)/N=C(/N)N(Cc1ccccc1)Cc1ccccc1. The first-order valence-electron chi connectivity index (χ1n) is 9.57. The van der Waals surface area contributed by atoms with Gasteiger partial charge in [0.1, 0.15) is 0 Å². The van der Waals surface area contributed by atoms with Gasteiger partial charge in [0.2, 0.25) is 5.96 Å². The Hall–Kier alpha value is -3.60. The number of carbonyl (C=O) groups excluding carboxylic acids is 1. The van der Waals surface area contributed by atoms with Crippen LogP contribution >= 0.6 is 0 Å².